The Bertz CT molecular complexity index is 1170. The Kier molecular flexibility index (Phi) is 5.63. The predicted molar refractivity (Wildman–Crippen MR) is 134 cm³/mol. The van der Waals surface area contributed by atoms with Crippen LogP contribution in [0.25, 0.3) is 34.4 Å². The van der Waals surface area contributed by atoms with Crippen LogP contribution in [0.1, 0.15) is 24.0 Å². The van der Waals surface area contributed by atoms with E-state index in [1.165, 1.54) is 22.3 Å². The lowest BCUT2D eigenvalue weighted by atomic mass is 10.0. The molecule has 5 rings (SSSR count). The van der Waals surface area contributed by atoms with Crippen LogP contribution in [-0.4, -0.2) is 5.78 Å². The van der Waals surface area contributed by atoms with Crippen LogP contribution in [0.2, 0.25) is 0 Å². The van der Waals surface area contributed by atoms with E-state index in [9.17, 15) is 4.79 Å². The molecule has 0 heterocycles. The largest absolute Gasteiger partial charge is 0.289 e. The number of allylic oxidation sites excluding steroid dienone is 2. The first-order chi connectivity index (χ1) is 15.8. The maximum Gasteiger partial charge on any atom is 0.185 e. The lowest BCUT2D eigenvalue weighted by Gasteiger charge is -2.03. The maximum atomic E-state index is 13.0. The summed E-state index contributed by atoms with van der Waals surface area (Å²) in [5, 5.41) is 0. The minimum atomic E-state index is 0.171. The summed E-state index contributed by atoms with van der Waals surface area (Å²) < 4.78 is 0. The van der Waals surface area contributed by atoms with Crippen molar-refractivity contribution in [1.29, 1.82) is 0 Å². The van der Waals surface area contributed by atoms with E-state index in [0.29, 0.717) is 0 Å². The second kappa shape index (κ2) is 9.03. The van der Waals surface area contributed by atoms with Crippen LogP contribution < -0.4 is 0 Å². The normalized spacial score (nSPS) is 16.1. The third kappa shape index (κ3) is 4.38. The van der Waals surface area contributed by atoms with Gasteiger partial charge in [-0.2, -0.15) is 0 Å². The summed E-state index contributed by atoms with van der Waals surface area (Å²) in [7, 11) is 0. The highest BCUT2D eigenvalue weighted by Crippen LogP contribution is 2.30. The van der Waals surface area contributed by atoms with Crippen LogP contribution in [0.5, 0.6) is 0 Å². The van der Waals surface area contributed by atoms with Crippen LogP contribution in [0.15, 0.2) is 120 Å². The van der Waals surface area contributed by atoms with Crippen LogP contribution in [0, 0.1) is 0 Å². The summed E-state index contributed by atoms with van der Waals surface area (Å²) in [6.07, 6.45) is 5.67. The number of Topliss-reactive ketones (excluding diaryl/α,β-unsaturated/α-hetero) is 1. The molecule has 4 aromatic carbocycles. The standard InChI is InChI=1S/C31H24O/c32-31-29(21-23-11-15-27(16-12-23)25-7-3-1-4-8-25)19-20-30(31)22-24-13-17-28(18-14-24)26-9-5-2-6-10-26/h1-18,21-22H,19-20H2. The van der Waals surface area contributed by atoms with Gasteiger partial charge in [0.2, 0.25) is 0 Å². The molecule has 0 aliphatic heterocycles. The molecule has 0 radical (unpaired) electrons. The fourth-order valence-corrected chi connectivity index (χ4v) is 4.19. The quantitative estimate of drug-likeness (QED) is 0.312. The van der Waals surface area contributed by atoms with Gasteiger partial charge in [0.15, 0.2) is 5.78 Å². The van der Waals surface area contributed by atoms with Crippen molar-refractivity contribution in [3.63, 3.8) is 0 Å². The molecule has 0 bridgehead atoms. The van der Waals surface area contributed by atoms with E-state index >= 15 is 0 Å². The highest BCUT2D eigenvalue weighted by molar-refractivity contribution is 6.15. The van der Waals surface area contributed by atoms with Crippen molar-refractivity contribution in [2.75, 3.05) is 0 Å². The maximum absolute atomic E-state index is 13.0. The van der Waals surface area contributed by atoms with E-state index in [-0.39, 0.29) is 5.78 Å². The monoisotopic (exact) mass is 412 g/mol. The molecule has 1 heteroatoms. The molecule has 1 aliphatic carbocycles. The predicted octanol–water partition coefficient (Wildman–Crippen LogP) is 7.85. The molecule has 1 aliphatic rings. The zero-order valence-corrected chi connectivity index (χ0v) is 17.9. The van der Waals surface area contributed by atoms with E-state index in [2.05, 4.69) is 72.8 Å². The van der Waals surface area contributed by atoms with E-state index < -0.39 is 0 Å². The molecular weight excluding hydrogens is 388 g/mol. The molecule has 1 fully saturated rings. The molecule has 0 spiro atoms. The smallest absolute Gasteiger partial charge is 0.185 e. The molecule has 0 aromatic heterocycles. The Labute approximate surface area is 189 Å². The zero-order chi connectivity index (χ0) is 21.8. The fraction of sp³-hybridized carbons (Fsp3) is 0.0645. The van der Waals surface area contributed by atoms with Gasteiger partial charge in [0, 0.05) is 11.1 Å². The van der Waals surface area contributed by atoms with Crippen molar-refractivity contribution < 1.29 is 4.79 Å². The molecule has 154 valence electrons. The van der Waals surface area contributed by atoms with Gasteiger partial charge in [0.05, 0.1) is 0 Å². The SMILES string of the molecule is O=C1C(=Cc2ccc(-c3ccccc3)cc2)CCC1=Cc1ccc(-c2ccccc2)cc1. The lowest BCUT2D eigenvalue weighted by molar-refractivity contribution is -0.111. The molecule has 0 atom stereocenters. The fourth-order valence-electron chi connectivity index (χ4n) is 4.19. The number of hydrogen-bond acceptors (Lipinski definition) is 1. The minimum absolute atomic E-state index is 0.171. The van der Waals surface area contributed by atoms with Crippen LogP contribution in [-0.2, 0) is 4.79 Å². The molecule has 32 heavy (non-hydrogen) atoms. The molecule has 0 unspecified atom stereocenters. The van der Waals surface area contributed by atoms with Crippen molar-refractivity contribution >= 4 is 17.9 Å². The topological polar surface area (TPSA) is 17.1 Å². The first-order valence-electron chi connectivity index (χ1n) is 11.0. The number of rotatable bonds is 4. The second-order valence-corrected chi connectivity index (χ2v) is 8.14. The van der Waals surface area contributed by atoms with Crippen molar-refractivity contribution in [2.45, 2.75) is 12.8 Å². The number of benzene rings is 4. The molecular formula is C31H24O. The molecule has 1 saturated carbocycles. The minimum Gasteiger partial charge on any atom is -0.289 e. The van der Waals surface area contributed by atoms with E-state index in [1.54, 1.807) is 0 Å². The molecule has 4 aromatic rings. The molecule has 0 amide bonds. The average Bonchev–Trinajstić information content (AvgIpc) is 3.20. The third-order valence-electron chi connectivity index (χ3n) is 5.96. The Morgan fingerprint density at radius 1 is 0.438 bits per heavy atom. The van der Waals surface area contributed by atoms with Gasteiger partial charge >= 0.3 is 0 Å². The van der Waals surface area contributed by atoms with Gasteiger partial charge in [0.25, 0.3) is 0 Å². The highest BCUT2D eigenvalue weighted by atomic mass is 16.1. The average molecular weight is 413 g/mol. The molecule has 1 nitrogen and oxygen atoms in total. The second-order valence-electron chi connectivity index (χ2n) is 8.14. The number of ketones is 1. The van der Waals surface area contributed by atoms with Crippen molar-refractivity contribution in [3.05, 3.63) is 131 Å². The van der Waals surface area contributed by atoms with Gasteiger partial charge in [-0.05, 0) is 58.4 Å². The van der Waals surface area contributed by atoms with Crippen molar-refractivity contribution in [3.8, 4) is 22.3 Å². The molecule has 0 saturated heterocycles. The Balaban J connectivity index is 1.31. The third-order valence-corrected chi connectivity index (χ3v) is 5.96. The van der Waals surface area contributed by atoms with Crippen molar-refractivity contribution in [2.24, 2.45) is 0 Å². The first kappa shape index (κ1) is 20.0. The Morgan fingerprint density at radius 2 is 0.781 bits per heavy atom. The summed E-state index contributed by atoms with van der Waals surface area (Å²) in [6, 6.07) is 37.5. The Morgan fingerprint density at radius 3 is 1.16 bits per heavy atom. The Hall–Kier alpha value is -3.97. The van der Waals surface area contributed by atoms with E-state index in [0.717, 1.165) is 35.1 Å². The lowest BCUT2D eigenvalue weighted by Crippen LogP contribution is -1.95. The number of hydrogen-bond donors (Lipinski definition) is 0. The van der Waals surface area contributed by atoms with Gasteiger partial charge < -0.3 is 0 Å². The summed E-state index contributed by atoms with van der Waals surface area (Å²) in [5.41, 5.74) is 8.70. The van der Waals surface area contributed by atoms with Gasteiger partial charge in [-0.1, -0.05) is 109 Å². The first-order valence-corrected chi connectivity index (χ1v) is 11.0. The summed E-state index contributed by atoms with van der Waals surface area (Å²) in [6.45, 7) is 0. The summed E-state index contributed by atoms with van der Waals surface area (Å²) >= 11 is 0. The van der Waals surface area contributed by atoms with E-state index in [4.69, 9.17) is 0 Å². The van der Waals surface area contributed by atoms with Gasteiger partial charge in [-0.25, -0.2) is 0 Å². The van der Waals surface area contributed by atoms with Crippen LogP contribution >= 0.6 is 0 Å². The van der Waals surface area contributed by atoms with Gasteiger partial charge in [-0.3, -0.25) is 4.79 Å². The van der Waals surface area contributed by atoms with E-state index in [1.807, 2.05) is 48.6 Å². The van der Waals surface area contributed by atoms with Crippen LogP contribution in [0.3, 0.4) is 0 Å². The zero-order valence-electron chi connectivity index (χ0n) is 17.9. The molecule has 0 N–H and O–H groups in total. The summed E-state index contributed by atoms with van der Waals surface area (Å²) in [5.74, 6) is 0.171. The van der Waals surface area contributed by atoms with Crippen LogP contribution in [0.4, 0.5) is 0 Å². The highest BCUT2D eigenvalue weighted by Gasteiger charge is 2.22. The van der Waals surface area contributed by atoms with Gasteiger partial charge in [0.1, 0.15) is 0 Å². The van der Waals surface area contributed by atoms with Gasteiger partial charge in [-0.15, -0.1) is 0 Å². The number of carbonyl (C=O) groups excluding carboxylic acids is 1. The number of carbonyl (C=O) groups is 1. The van der Waals surface area contributed by atoms with Crippen molar-refractivity contribution in [1.82, 2.24) is 0 Å². The summed E-state index contributed by atoms with van der Waals surface area (Å²) in [4.78, 5) is 13.0.